The zero-order valence-corrected chi connectivity index (χ0v) is 16.3. The van der Waals surface area contributed by atoms with Crippen LogP contribution in [0.25, 0.3) is 5.57 Å². The largest absolute Gasteiger partial charge is 0.378 e. The van der Waals surface area contributed by atoms with Crippen LogP contribution in [0, 0.1) is 5.92 Å². The molecule has 5 heteroatoms. The van der Waals surface area contributed by atoms with E-state index < -0.39 is 0 Å². The summed E-state index contributed by atoms with van der Waals surface area (Å²) < 4.78 is 0. The average molecular weight is 383 g/mol. The molecule has 144 valence electrons. The fraction of sp³-hybridized carbons (Fsp3) is 0.125. The number of hydrogen-bond donors (Lipinski definition) is 1. The Morgan fingerprint density at radius 1 is 1.07 bits per heavy atom. The zero-order valence-electron chi connectivity index (χ0n) is 16.3. The topological polar surface area (TPSA) is 61.8 Å². The molecule has 1 N–H and O–H groups in total. The molecule has 1 atom stereocenters. The van der Waals surface area contributed by atoms with Crippen molar-refractivity contribution in [2.24, 2.45) is 10.9 Å². The SMILES string of the molecule is CN(C)c1cccc(C(=O)Nc2ccc(C3=C4C=CC=CC4C(=O)N=C3)cc2)c1. The van der Waals surface area contributed by atoms with Crippen LogP contribution in [0.1, 0.15) is 15.9 Å². The van der Waals surface area contributed by atoms with Gasteiger partial charge < -0.3 is 10.2 Å². The van der Waals surface area contributed by atoms with Gasteiger partial charge in [0, 0.05) is 42.8 Å². The summed E-state index contributed by atoms with van der Waals surface area (Å²) in [6, 6.07) is 15.1. The lowest BCUT2D eigenvalue weighted by atomic mass is 9.85. The highest BCUT2D eigenvalue weighted by Crippen LogP contribution is 2.31. The van der Waals surface area contributed by atoms with Crippen molar-refractivity contribution in [2.75, 3.05) is 24.3 Å². The molecular formula is C24H21N3O2. The highest BCUT2D eigenvalue weighted by molar-refractivity contribution is 6.19. The summed E-state index contributed by atoms with van der Waals surface area (Å²) in [4.78, 5) is 30.6. The van der Waals surface area contributed by atoms with Crippen LogP contribution in [0.3, 0.4) is 0 Å². The first-order valence-electron chi connectivity index (χ1n) is 9.39. The highest BCUT2D eigenvalue weighted by Gasteiger charge is 2.26. The summed E-state index contributed by atoms with van der Waals surface area (Å²) in [5, 5.41) is 2.93. The van der Waals surface area contributed by atoms with E-state index >= 15 is 0 Å². The Morgan fingerprint density at radius 3 is 2.62 bits per heavy atom. The number of dihydropyridines is 1. The molecule has 0 fully saturated rings. The van der Waals surface area contributed by atoms with Gasteiger partial charge in [0.25, 0.3) is 11.8 Å². The van der Waals surface area contributed by atoms with Crippen LogP contribution in [0.4, 0.5) is 11.4 Å². The normalized spacial score (nSPS) is 17.3. The van der Waals surface area contributed by atoms with Crippen LogP contribution in [0.2, 0.25) is 0 Å². The predicted molar refractivity (Wildman–Crippen MR) is 117 cm³/mol. The van der Waals surface area contributed by atoms with Crippen LogP contribution >= 0.6 is 0 Å². The molecule has 2 amide bonds. The van der Waals surface area contributed by atoms with Gasteiger partial charge in [-0.2, -0.15) is 0 Å². The van der Waals surface area contributed by atoms with Gasteiger partial charge >= 0.3 is 0 Å². The first-order chi connectivity index (χ1) is 14.0. The van der Waals surface area contributed by atoms with E-state index in [1.165, 1.54) is 0 Å². The number of nitrogens with zero attached hydrogens (tertiary/aromatic N) is 2. The fourth-order valence-corrected chi connectivity index (χ4v) is 3.40. The monoisotopic (exact) mass is 383 g/mol. The Kier molecular flexibility index (Phi) is 4.96. The summed E-state index contributed by atoms with van der Waals surface area (Å²) >= 11 is 0. The number of benzene rings is 2. The van der Waals surface area contributed by atoms with E-state index in [2.05, 4.69) is 10.3 Å². The van der Waals surface area contributed by atoms with Gasteiger partial charge in [-0.3, -0.25) is 9.59 Å². The van der Waals surface area contributed by atoms with Crippen LogP contribution in [-0.4, -0.2) is 32.1 Å². The summed E-state index contributed by atoms with van der Waals surface area (Å²) in [6.45, 7) is 0. The van der Waals surface area contributed by atoms with E-state index in [1.807, 2.05) is 85.8 Å². The molecule has 2 aromatic carbocycles. The first kappa shape index (κ1) is 18.6. The molecule has 0 spiro atoms. The van der Waals surface area contributed by atoms with Gasteiger partial charge in [-0.1, -0.05) is 42.5 Å². The van der Waals surface area contributed by atoms with Crippen molar-refractivity contribution in [3.8, 4) is 0 Å². The van der Waals surface area contributed by atoms with Crippen molar-refractivity contribution < 1.29 is 9.59 Å². The Morgan fingerprint density at radius 2 is 1.86 bits per heavy atom. The van der Waals surface area contributed by atoms with Gasteiger partial charge in [-0.15, -0.1) is 0 Å². The molecule has 29 heavy (non-hydrogen) atoms. The molecule has 4 rings (SSSR count). The minimum Gasteiger partial charge on any atom is -0.378 e. The number of nitrogens with one attached hydrogen (secondary N) is 1. The van der Waals surface area contributed by atoms with Gasteiger partial charge in [-0.25, -0.2) is 4.99 Å². The van der Waals surface area contributed by atoms with Crippen LogP contribution in [-0.2, 0) is 4.79 Å². The number of rotatable bonds is 4. The summed E-state index contributed by atoms with van der Waals surface area (Å²) in [5.74, 6) is -0.620. The van der Waals surface area contributed by atoms with Crippen molar-refractivity contribution in [1.82, 2.24) is 0 Å². The minimum atomic E-state index is -0.316. The molecule has 0 aromatic heterocycles. The predicted octanol–water partition coefficient (Wildman–Crippen LogP) is 4.11. The summed E-state index contributed by atoms with van der Waals surface area (Å²) in [5.41, 5.74) is 5.10. The van der Waals surface area contributed by atoms with Gasteiger partial charge in [0.1, 0.15) is 0 Å². The van der Waals surface area contributed by atoms with Crippen molar-refractivity contribution in [3.05, 3.63) is 89.5 Å². The van der Waals surface area contributed by atoms with Gasteiger partial charge in [0.05, 0.1) is 5.92 Å². The smallest absolute Gasteiger partial charge is 0.257 e. The second-order valence-corrected chi connectivity index (χ2v) is 7.16. The lowest BCUT2D eigenvalue weighted by molar-refractivity contribution is -0.119. The Bertz CT molecular complexity index is 1090. The molecule has 1 aliphatic heterocycles. The van der Waals surface area contributed by atoms with E-state index in [4.69, 9.17) is 0 Å². The number of carbonyl (C=O) groups is 2. The number of aliphatic imine (C=N–C) groups is 1. The lowest BCUT2D eigenvalue weighted by Crippen LogP contribution is -2.19. The lowest BCUT2D eigenvalue weighted by Gasteiger charge is -2.21. The standard InChI is InChI=1S/C24H21N3O2/c1-27(2)19-7-5-6-17(14-19)23(28)26-18-12-10-16(11-13-18)22-15-25-24(29)21-9-4-3-8-20(21)22/h3-15,21H,1-2H3,(H,26,28). The van der Waals surface area contributed by atoms with Crippen LogP contribution in [0.5, 0.6) is 0 Å². The van der Waals surface area contributed by atoms with E-state index in [9.17, 15) is 9.59 Å². The maximum Gasteiger partial charge on any atom is 0.257 e. The second-order valence-electron chi connectivity index (χ2n) is 7.16. The van der Waals surface area contributed by atoms with Crippen LogP contribution in [0.15, 0.2) is 83.4 Å². The van der Waals surface area contributed by atoms with E-state index in [-0.39, 0.29) is 17.7 Å². The summed E-state index contributed by atoms with van der Waals surface area (Å²) in [6.07, 6.45) is 9.24. The van der Waals surface area contributed by atoms with Gasteiger partial charge in [0.2, 0.25) is 0 Å². The van der Waals surface area contributed by atoms with Gasteiger partial charge in [0.15, 0.2) is 0 Å². The Balaban J connectivity index is 1.54. The fourth-order valence-electron chi connectivity index (χ4n) is 3.40. The molecule has 0 saturated heterocycles. The van der Waals surface area contributed by atoms with Crippen LogP contribution < -0.4 is 10.2 Å². The molecule has 2 aliphatic rings. The number of carbonyl (C=O) groups excluding carboxylic acids is 2. The number of fused-ring (bicyclic) bond motifs is 1. The third-order valence-corrected chi connectivity index (χ3v) is 5.00. The Labute approximate surface area is 169 Å². The number of amides is 2. The van der Waals surface area contributed by atoms with Crippen molar-refractivity contribution in [3.63, 3.8) is 0 Å². The molecule has 2 aromatic rings. The number of anilines is 2. The van der Waals surface area contributed by atoms with E-state index in [1.54, 1.807) is 12.3 Å². The highest BCUT2D eigenvalue weighted by atomic mass is 16.2. The number of hydrogen-bond acceptors (Lipinski definition) is 3. The minimum absolute atomic E-state index is 0.145. The molecule has 1 unspecified atom stereocenters. The van der Waals surface area contributed by atoms with Gasteiger partial charge in [-0.05, 0) is 41.5 Å². The first-order valence-corrected chi connectivity index (χ1v) is 9.39. The summed E-state index contributed by atoms with van der Waals surface area (Å²) in [7, 11) is 3.88. The maximum atomic E-state index is 12.6. The third-order valence-electron chi connectivity index (χ3n) is 5.00. The molecule has 0 radical (unpaired) electrons. The molecule has 0 bridgehead atoms. The van der Waals surface area contributed by atoms with Crippen molar-refractivity contribution in [2.45, 2.75) is 0 Å². The quantitative estimate of drug-likeness (QED) is 0.864. The van der Waals surface area contributed by atoms with Crippen molar-refractivity contribution >= 4 is 35.0 Å². The molecule has 1 aliphatic carbocycles. The average Bonchev–Trinajstić information content (AvgIpc) is 2.75. The molecule has 5 nitrogen and oxygen atoms in total. The van der Waals surface area contributed by atoms with Crippen molar-refractivity contribution in [1.29, 1.82) is 0 Å². The Hall–Kier alpha value is -3.73. The second kappa shape index (κ2) is 7.72. The zero-order chi connectivity index (χ0) is 20.4. The third kappa shape index (κ3) is 3.80. The van der Waals surface area contributed by atoms with E-state index in [0.717, 1.165) is 22.4 Å². The molecule has 1 heterocycles. The maximum absolute atomic E-state index is 12.6. The molecular weight excluding hydrogens is 362 g/mol. The molecule has 0 saturated carbocycles. The van der Waals surface area contributed by atoms with E-state index in [0.29, 0.717) is 11.3 Å². The number of allylic oxidation sites excluding steroid dienone is 4.